The summed E-state index contributed by atoms with van der Waals surface area (Å²) in [4.78, 5) is 1.25. The summed E-state index contributed by atoms with van der Waals surface area (Å²) in [6, 6.07) is 24.0. The molecular weight excluding hydrogens is 456 g/mol. The molecule has 1 spiro atoms. The van der Waals surface area contributed by atoms with E-state index in [9.17, 15) is 0 Å². The summed E-state index contributed by atoms with van der Waals surface area (Å²) in [5, 5.41) is 7.50. The molecule has 6 rings (SSSR count). The van der Waals surface area contributed by atoms with Crippen molar-refractivity contribution < 1.29 is 4.74 Å². The number of ether oxygens (including phenoxy) is 1. The van der Waals surface area contributed by atoms with Gasteiger partial charge in [0.1, 0.15) is 5.75 Å². The molecule has 1 aliphatic carbocycles. The maximum Gasteiger partial charge on any atom is 0.198 e. The fraction of sp³-hybridized carbons (Fsp3) is 0.320. The number of hydrazone groups is 1. The molecule has 0 radical (unpaired) electrons. The second-order valence-electron chi connectivity index (χ2n) is 8.49. The molecule has 2 aromatic carbocycles. The first kappa shape index (κ1) is 18.6. The molecule has 0 saturated heterocycles. The van der Waals surface area contributed by atoms with Gasteiger partial charge in [0.15, 0.2) is 5.72 Å². The van der Waals surface area contributed by atoms with Crippen LogP contribution in [0.3, 0.4) is 0 Å². The molecule has 0 unspecified atom stereocenters. The van der Waals surface area contributed by atoms with Gasteiger partial charge >= 0.3 is 0 Å². The van der Waals surface area contributed by atoms with Crippen molar-refractivity contribution in [3.8, 4) is 5.75 Å². The maximum atomic E-state index is 6.76. The van der Waals surface area contributed by atoms with Gasteiger partial charge < -0.3 is 4.74 Å². The predicted octanol–water partition coefficient (Wildman–Crippen LogP) is 7.11. The van der Waals surface area contributed by atoms with Crippen LogP contribution in [0.2, 0.25) is 0 Å². The SMILES string of the molecule is Brc1ccc(C2=NN3[C@H](C2)c2ccccc2OC32CCC(c3ccccc3)CC2)s1. The van der Waals surface area contributed by atoms with Gasteiger partial charge in [-0.1, -0.05) is 48.5 Å². The molecule has 0 amide bonds. The molecular formula is C25H23BrN2OS. The topological polar surface area (TPSA) is 24.8 Å². The highest BCUT2D eigenvalue weighted by Gasteiger charge is 2.52. The van der Waals surface area contributed by atoms with Crippen molar-refractivity contribution in [3.05, 3.63) is 86.5 Å². The quantitative estimate of drug-likeness (QED) is 0.391. The van der Waals surface area contributed by atoms with E-state index < -0.39 is 0 Å². The molecule has 0 N–H and O–H groups in total. The minimum Gasteiger partial charge on any atom is -0.466 e. The molecule has 1 aromatic heterocycles. The van der Waals surface area contributed by atoms with Crippen molar-refractivity contribution in [1.82, 2.24) is 5.01 Å². The summed E-state index contributed by atoms with van der Waals surface area (Å²) in [7, 11) is 0. The Bertz CT molecular complexity index is 1100. The number of thiophene rings is 1. The summed E-state index contributed by atoms with van der Waals surface area (Å²) in [5.41, 5.74) is 3.57. The number of fused-ring (bicyclic) bond motifs is 4. The first-order chi connectivity index (χ1) is 14.7. The summed E-state index contributed by atoms with van der Waals surface area (Å²) in [6.45, 7) is 0. The van der Waals surface area contributed by atoms with Crippen molar-refractivity contribution in [2.75, 3.05) is 0 Å². The van der Waals surface area contributed by atoms with Gasteiger partial charge in [-0.15, -0.1) is 11.3 Å². The van der Waals surface area contributed by atoms with E-state index in [4.69, 9.17) is 9.84 Å². The Kier molecular flexibility index (Phi) is 4.50. The molecule has 5 heteroatoms. The van der Waals surface area contributed by atoms with E-state index >= 15 is 0 Å². The average Bonchev–Trinajstić information content (AvgIpc) is 3.42. The van der Waals surface area contributed by atoms with Gasteiger partial charge in [-0.3, -0.25) is 0 Å². The minimum absolute atomic E-state index is 0.263. The van der Waals surface area contributed by atoms with Crippen molar-refractivity contribution in [2.45, 2.75) is 49.8 Å². The molecule has 0 bridgehead atoms. The van der Waals surface area contributed by atoms with Gasteiger partial charge in [-0.25, -0.2) is 5.01 Å². The fourth-order valence-corrected chi connectivity index (χ4v) is 6.68. The van der Waals surface area contributed by atoms with Crippen LogP contribution in [0.1, 0.15) is 60.1 Å². The van der Waals surface area contributed by atoms with Crippen LogP contribution in [0.5, 0.6) is 5.75 Å². The highest BCUT2D eigenvalue weighted by atomic mass is 79.9. The molecule has 1 saturated carbocycles. The fourth-order valence-electron chi connectivity index (χ4n) is 5.31. The lowest BCUT2D eigenvalue weighted by Crippen LogP contribution is -2.55. The zero-order valence-corrected chi connectivity index (χ0v) is 19.0. The van der Waals surface area contributed by atoms with Crippen LogP contribution in [0.4, 0.5) is 0 Å². The Morgan fingerprint density at radius 3 is 2.50 bits per heavy atom. The van der Waals surface area contributed by atoms with Crippen molar-refractivity contribution >= 4 is 33.0 Å². The zero-order valence-electron chi connectivity index (χ0n) is 16.6. The average molecular weight is 479 g/mol. The molecule has 30 heavy (non-hydrogen) atoms. The largest absolute Gasteiger partial charge is 0.466 e. The Balaban J connectivity index is 1.35. The van der Waals surface area contributed by atoms with Crippen molar-refractivity contribution in [2.24, 2.45) is 5.10 Å². The highest BCUT2D eigenvalue weighted by molar-refractivity contribution is 9.11. The van der Waals surface area contributed by atoms with Gasteiger partial charge in [-0.05, 0) is 58.5 Å². The van der Waals surface area contributed by atoms with Crippen molar-refractivity contribution in [3.63, 3.8) is 0 Å². The van der Waals surface area contributed by atoms with Crippen molar-refractivity contribution in [1.29, 1.82) is 0 Å². The summed E-state index contributed by atoms with van der Waals surface area (Å²) in [5.74, 6) is 1.65. The number of benzene rings is 2. The van der Waals surface area contributed by atoms with Gasteiger partial charge in [0.25, 0.3) is 0 Å². The molecule has 3 aromatic rings. The molecule has 3 heterocycles. The van der Waals surface area contributed by atoms with Gasteiger partial charge in [0.2, 0.25) is 0 Å². The van der Waals surface area contributed by atoms with Crippen LogP contribution in [0.15, 0.2) is 75.6 Å². The smallest absolute Gasteiger partial charge is 0.198 e. The Morgan fingerprint density at radius 2 is 1.73 bits per heavy atom. The number of hydrogen-bond donors (Lipinski definition) is 0. The third-order valence-electron chi connectivity index (χ3n) is 6.80. The summed E-state index contributed by atoms with van der Waals surface area (Å²) < 4.78 is 7.91. The number of hydrogen-bond acceptors (Lipinski definition) is 4. The standard InChI is InChI=1S/C25H23BrN2OS/c26-24-11-10-23(30-24)20-16-21-19-8-4-5-9-22(19)29-25(28(21)27-20)14-12-18(13-15-25)17-6-2-1-3-7-17/h1-11,18,21H,12-16H2/t18?,21-,25?/m1/s1. The molecule has 2 aliphatic heterocycles. The van der Waals surface area contributed by atoms with Crippen LogP contribution in [0.25, 0.3) is 0 Å². The Labute approximate surface area is 189 Å². The number of para-hydroxylation sites is 1. The predicted molar refractivity (Wildman–Crippen MR) is 125 cm³/mol. The van der Waals surface area contributed by atoms with Gasteiger partial charge in [0, 0.05) is 24.8 Å². The van der Waals surface area contributed by atoms with E-state index in [1.165, 1.54) is 21.7 Å². The normalized spacial score (nSPS) is 27.4. The van der Waals surface area contributed by atoms with Crippen LogP contribution in [-0.4, -0.2) is 16.4 Å². The molecule has 1 fully saturated rings. The van der Waals surface area contributed by atoms with Gasteiger partial charge in [-0.2, -0.15) is 5.10 Å². The summed E-state index contributed by atoms with van der Waals surface area (Å²) in [6.07, 6.45) is 5.21. The number of nitrogens with zero attached hydrogens (tertiary/aromatic N) is 2. The van der Waals surface area contributed by atoms with Gasteiger partial charge in [0.05, 0.1) is 20.4 Å². The lowest BCUT2D eigenvalue weighted by atomic mass is 9.78. The van der Waals surface area contributed by atoms with E-state index in [-0.39, 0.29) is 11.8 Å². The lowest BCUT2D eigenvalue weighted by molar-refractivity contribution is -0.142. The van der Waals surface area contributed by atoms with E-state index in [0.29, 0.717) is 5.92 Å². The first-order valence-electron chi connectivity index (χ1n) is 10.7. The molecule has 1 atom stereocenters. The van der Waals surface area contributed by atoms with E-state index in [0.717, 1.165) is 41.6 Å². The summed E-state index contributed by atoms with van der Waals surface area (Å²) >= 11 is 5.37. The van der Waals surface area contributed by atoms with Crippen LogP contribution in [0, 0.1) is 0 Å². The monoisotopic (exact) mass is 478 g/mol. The van der Waals surface area contributed by atoms with E-state index in [1.807, 2.05) is 0 Å². The van der Waals surface area contributed by atoms with Crippen LogP contribution in [-0.2, 0) is 0 Å². The number of halogens is 1. The highest BCUT2D eigenvalue weighted by Crippen LogP contribution is 2.53. The second kappa shape index (κ2) is 7.24. The Hall–Kier alpha value is -2.11. The third kappa shape index (κ3) is 3.02. The van der Waals surface area contributed by atoms with E-state index in [1.54, 1.807) is 11.3 Å². The maximum absolute atomic E-state index is 6.76. The second-order valence-corrected chi connectivity index (χ2v) is 10.9. The first-order valence-corrected chi connectivity index (χ1v) is 12.3. The zero-order chi connectivity index (χ0) is 20.1. The van der Waals surface area contributed by atoms with E-state index in [2.05, 4.69) is 87.7 Å². The minimum atomic E-state index is -0.333. The lowest BCUT2D eigenvalue weighted by Gasteiger charge is -2.50. The van der Waals surface area contributed by atoms with Crippen LogP contribution >= 0.6 is 27.3 Å². The molecule has 3 nitrogen and oxygen atoms in total. The Morgan fingerprint density at radius 1 is 0.967 bits per heavy atom. The van der Waals surface area contributed by atoms with Crippen LogP contribution < -0.4 is 4.74 Å². The third-order valence-corrected chi connectivity index (χ3v) is 8.47. The molecule has 152 valence electrons. The number of rotatable bonds is 2. The molecule has 3 aliphatic rings.